The summed E-state index contributed by atoms with van der Waals surface area (Å²) < 4.78 is 10.5. The Morgan fingerprint density at radius 2 is 2.00 bits per heavy atom. The third-order valence-corrected chi connectivity index (χ3v) is 3.45. The molecule has 0 aromatic heterocycles. The van der Waals surface area contributed by atoms with Crippen molar-refractivity contribution >= 4 is 5.91 Å². The van der Waals surface area contributed by atoms with E-state index in [2.05, 4.69) is 0 Å². The van der Waals surface area contributed by atoms with E-state index >= 15 is 0 Å². The van der Waals surface area contributed by atoms with Crippen LogP contribution in [0.15, 0.2) is 24.3 Å². The lowest BCUT2D eigenvalue weighted by molar-refractivity contribution is -0.139. The molecule has 0 saturated carbocycles. The van der Waals surface area contributed by atoms with Crippen LogP contribution in [0.3, 0.4) is 0 Å². The highest BCUT2D eigenvalue weighted by Gasteiger charge is 2.30. The van der Waals surface area contributed by atoms with E-state index in [1.807, 2.05) is 0 Å². The number of β-amino-alcohol motifs (C(OH)–C–C–N with tert-alkyl or cyclic N) is 1. The van der Waals surface area contributed by atoms with E-state index in [-0.39, 0.29) is 12.5 Å². The SMILES string of the molecule is COc1ccc(OCC(=O)N2CCCC(C)(O)C2)cc1. The minimum Gasteiger partial charge on any atom is -0.497 e. The van der Waals surface area contributed by atoms with Crippen molar-refractivity contribution in [2.75, 3.05) is 26.8 Å². The molecule has 1 aliphatic rings. The summed E-state index contributed by atoms with van der Waals surface area (Å²) >= 11 is 0. The van der Waals surface area contributed by atoms with Crippen LogP contribution >= 0.6 is 0 Å². The molecule has 1 N–H and O–H groups in total. The largest absolute Gasteiger partial charge is 0.497 e. The van der Waals surface area contributed by atoms with E-state index in [4.69, 9.17) is 9.47 Å². The number of benzene rings is 1. The van der Waals surface area contributed by atoms with Gasteiger partial charge >= 0.3 is 0 Å². The maximum Gasteiger partial charge on any atom is 0.260 e. The van der Waals surface area contributed by atoms with Gasteiger partial charge < -0.3 is 19.5 Å². The molecule has 1 unspecified atom stereocenters. The summed E-state index contributed by atoms with van der Waals surface area (Å²) in [4.78, 5) is 13.7. The number of hydrogen-bond acceptors (Lipinski definition) is 4. The third kappa shape index (κ3) is 3.87. The Kier molecular flexibility index (Phi) is 4.49. The topological polar surface area (TPSA) is 59.0 Å². The van der Waals surface area contributed by atoms with Crippen molar-refractivity contribution in [2.45, 2.75) is 25.4 Å². The predicted molar refractivity (Wildman–Crippen MR) is 74.9 cm³/mol. The summed E-state index contributed by atoms with van der Waals surface area (Å²) in [7, 11) is 1.60. The van der Waals surface area contributed by atoms with Gasteiger partial charge in [0.25, 0.3) is 5.91 Å². The van der Waals surface area contributed by atoms with Crippen LogP contribution in [0, 0.1) is 0 Å². The van der Waals surface area contributed by atoms with Gasteiger partial charge in [0.1, 0.15) is 11.5 Å². The highest BCUT2D eigenvalue weighted by molar-refractivity contribution is 5.78. The fourth-order valence-electron chi connectivity index (χ4n) is 2.34. The molecule has 1 aliphatic heterocycles. The average Bonchev–Trinajstić information content (AvgIpc) is 2.44. The van der Waals surface area contributed by atoms with Crippen molar-refractivity contribution < 1.29 is 19.4 Å². The minimum absolute atomic E-state index is 0.0115. The molecule has 1 aromatic carbocycles. The number of likely N-dealkylation sites (tertiary alicyclic amines) is 1. The first-order valence-electron chi connectivity index (χ1n) is 6.77. The lowest BCUT2D eigenvalue weighted by atomic mass is 9.95. The van der Waals surface area contributed by atoms with E-state index in [9.17, 15) is 9.90 Å². The number of amides is 1. The summed E-state index contributed by atoms with van der Waals surface area (Å²) in [5.74, 6) is 1.28. The number of nitrogens with zero attached hydrogens (tertiary/aromatic N) is 1. The van der Waals surface area contributed by atoms with Crippen LogP contribution in [0.1, 0.15) is 19.8 Å². The lowest BCUT2D eigenvalue weighted by Gasteiger charge is -2.36. The highest BCUT2D eigenvalue weighted by atomic mass is 16.5. The number of methoxy groups -OCH3 is 1. The van der Waals surface area contributed by atoms with Crippen LogP contribution in [0.5, 0.6) is 11.5 Å². The monoisotopic (exact) mass is 279 g/mol. The summed E-state index contributed by atoms with van der Waals surface area (Å²) in [5.41, 5.74) is -0.784. The Hall–Kier alpha value is -1.75. The summed E-state index contributed by atoms with van der Waals surface area (Å²) in [5, 5.41) is 9.99. The van der Waals surface area contributed by atoms with E-state index < -0.39 is 5.60 Å². The third-order valence-electron chi connectivity index (χ3n) is 3.45. The molecular weight excluding hydrogens is 258 g/mol. The van der Waals surface area contributed by atoms with Crippen molar-refractivity contribution in [3.05, 3.63) is 24.3 Å². The highest BCUT2D eigenvalue weighted by Crippen LogP contribution is 2.21. The molecule has 20 heavy (non-hydrogen) atoms. The van der Waals surface area contributed by atoms with Crippen LogP contribution in [0.4, 0.5) is 0 Å². The number of carbonyl (C=O) groups excluding carboxylic acids is 1. The van der Waals surface area contributed by atoms with E-state index in [0.717, 1.165) is 18.6 Å². The zero-order chi connectivity index (χ0) is 14.6. The van der Waals surface area contributed by atoms with Crippen LogP contribution < -0.4 is 9.47 Å². The first kappa shape index (κ1) is 14.7. The number of hydrogen-bond donors (Lipinski definition) is 1. The number of aliphatic hydroxyl groups is 1. The number of ether oxygens (including phenoxy) is 2. The predicted octanol–water partition coefficient (Wildman–Crippen LogP) is 1.45. The van der Waals surface area contributed by atoms with Gasteiger partial charge in [-0.25, -0.2) is 0 Å². The summed E-state index contributed by atoms with van der Waals surface area (Å²) in [6.07, 6.45) is 1.55. The standard InChI is InChI=1S/C15H21NO4/c1-15(18)8-3-9-16(11-15)14(17)10-20-13-6-4-12(19-2)5-7-13/h4-7,18H,3,8-11H2,1-2H3. The van der Waals surface area contributed by atoms with Crippen LogP contribution in [-0.4, -0.2) is 48.3 Å². The van der Waals surface area contributed by atoms with E-state index in [1.54, 1.807) is 43.2 Å². The second kappa shape index (κ2) is 6.13. The maximum absolute atomic E-state index is 12.0. The van der Waals surface area contributed by atoms with Crippen molar-refractivity contribution in [3.8, 4) is 11.5 Å². The Morgan fingerprint density at radius 3 is 2.60 bits per heavy atom. The molecule has 1 fully saturated rings. The van der Waals surface area contributed by atoms with Gasteiger partial charge in [-0.15, -0.1) is 0 Å². The average molecular weight is 279 g/mol. The second-order valence-electron chi connectivity index (χ2n) is 5.38. The van der Waals surface area contributed by atoms with Crippen molar-refractivity contribution in [2.24, 2.45) is 0 Å². The fraction of sp³-hybridized carbons (Fsp3) is 0.533. The Labute approximate surface area is 119 Å². The number of piperidine rings is 1. The molecule has 1 amide bonds. The van der Waals surface area contributed by atoms with Gasteiger partial charge in [-0.05, 0) is 44.0 Å². The molecule has 0 aliphatic carbocycles. The van der Waals surface area contributed by atoms with Gasteiger partial charge in [0, 0.05) is 13.1 Å². The lowest BCUT2D eigenvalue weighted by Crippen LogP contribution is -2.49. The van der Waals surface area contributed by atoms with Gasteiger partial charge in [0.15, 0.2) is 6.61 Å². The molecule has 0 bridgehead atoms. The molecule has 5 nitrogen and oxygen atoms in total. The molecular formula is C15H21NO4. The Bertz CT molecular complexity index is 455. The molecule has 1 aromatic rings. The van der Waals surface area contributed by atoms with Crippen molar-refractivity contribution in [1.82, 2.24) is 4.90 Å². The molecule has 0 radical (unpaired) electrons. The van der Waals surface area contributed by atoms with Gasteiger partial charge in [0.2, 0.25) is 0 Å². The van der Waals surface area contributed by atoms with Crippen LogP contribution in [0.2, 0.25) is 0 Å². The van der Waals surface area contributed by atoms with Gasteiger partial charge in [-0.2, -0.15) is 0 Å². The molecule has 1 heterocycles. The number of carbonyl (C=O) groups is 1. The Morgan fingerprint density at radius 1 is 1.35 bits per heavy atom. The Balaban J connectivity index is 1.85. The van der Waals surface area contributed by atoms with Gasteiger partial charge in [-0.3, -0.25) is 4.79 Å². The first-order chi connectivity index (χ1) is 9.50. The van der Waals surface area contributed by atoms with Gasteiger partial charge in [-0.1, -0.05) is 0 Å². The smallest absolute Gasteiger partial charge is 0.260 e. The van der Waals surface area contributed by atoms with E-state index in [0.29, 0.717) is 18.8 Å². The number of rotatable bonds is 4. The van der Waals surface area contributed by atoms with Crippen molar-refractivity contribution in [3.63, 3.8) is 0 Å². The fourth-order valence-corrected chi connectivity index (χ4v) is 2.34. The van der Waals surface area contributed by atoms with E-state index in [1.165, 1.54) is 0 Å². The molecule has 1 saturated heterocycles. The summed E-state index contributed by atoms with van der Waals surface area (Å²) in [6.45, 7) is 2.80. The molecule has 5 heteroatoms. The van der Waals surface area contributed by atoms with Gasteiger partial charge in [0.05, 0.1) is 12.7 Å². The second-order valence-corrected chi connectivity index (χ2v) is 5.38. The zero-order valence-electron chi connectivity index (χ0n) is 12.0. The maximum atomic E-state index is 12.0. The van der Waals surface area contributed by atoms with Crippen LogP contribution in [-0.2, 0) is 4.79 Å². The normalized spacial score (nSPS) is 22.4. The quantitative estimate of drug-likeness (QED) is 0.906. The zero-order valence-corrected chi connectivity index (χ0v) is 12.0. The van der Waals surface area contributed by atoms with Crippen molar-refractivity contribution in [1.29, 1.82) is 0 Å². The molecule has 0 spiro atoms. The molecule has 110 valence electrons. The minimum atomic E-state index is -0.784. The molecule has 1 atom stereocenters. The summed E-state index contributed by atoms with van der Waals surface area (Å²) in [6, 6.07) is 7.09. The first-order valence-corrected chi connectivity index (χ1v) is 6.77. The van der Waals surface area contributed by atoms with Crippen LogP contribution in [0.25, 0.3) is 0 Å². The molecule has 2 rings (SSSR count).